The van der Waals surface area contributed by atoms with Gasteiger partial charge < -0.3 is 9.57 Å². The maximum absolute atomic E-state index is 12.3. The fourth-order valence-corrected chi connectivity index (χ4v) is 0.615. The molecule has 0 fully saturated rings. The van der Waals surface area contributed by atoms with E-state index in [4.69, 9.17) is 11.6 Å². The van der Waals surface area contributed by atoms with Crippen LogP contribution in [0.15, 0.2) is 5.16 Å². The van der Waals surface area contributed by atoms with Crippen molar-refractivity contribution in [1.82, 2.24) is 0 Å². The second-order valence-corrected chi connectivity index (χ2v) is 2.40. The average Bonchev–Trinajstić information content (AvgIpc) is 2.17. The van der Waals surface area contributed by atoms with E-state index in [9.17, 15) is 14.0 Å². The number of hydrogen-bond donors (Lipinski definition) is 0. The number of esters is 1. The number of methoxy groups -OCH3 is 1. The first-order valence-corrected chi connectivity index (χ1v) is 4.08. The smallest absolute Gasteiger partial charge is 0.364 e. The van der Waals surface area contributed by atoms with Gasteiger partial charge in [0, 0.05) is 0 Å². The highest BCUT2D eigenvalue weighted by atomic mass is 35.5. The quantitative estimate of drug-likeness (QED) is 0.227. The molecule has 0 spiro atoms. The minimum Gasteiger partial charge on any atom is -0.464 e. The molecule has 0 bridgehead atoms. The Morgan fingerprint density at radius 2 is 2.14 bits per heavy atom. The number of carbonyl (C=O) groups is 2. The van der Waals surface area contributed by atoms with Crippen LogP contribution in [0.25, 0.3) is 0 Å². The lowest BCUT2D eigenvalue weighted by molar-refractivity contribution is -0.134. The molecule has 0 radical (unpaired) electrons. The fraction of sp³-hybridized carbons (Fsp3) is 0.571. The third-order valence-electron chi connectivity index (χ3n) is 1.10. The summed E-state index contributed by atoms with van der Waals surface area (Å²) in [4.78, 5) is 26.2. The van der Waals surface area contributed by atoms with E-state index in [-0.39, 0.29) is 6.61 Å². The van der Waals surface area contributed by atoms with Crippen LogP contribution in [0.3, 0.4) is 0 Å². The number of nitrogens with zero attached hydrogens (tertiary/aromatic N) is 1. The van der Waals surface area contributed by atoms with Crippen LogP contribution in [0, 0.1) is 0 Å². The van der Waals surface area contributed by atoms with E-state index in [0.717, 1.165) is 7.11 Å². The van der Waals surface area contributed by atoms with Gasteiger partial charge in [0.2, 0.25) is 17.1 Å². The molecule has 1 atom stereocenters. The topological polar surface area (TPSA) is 65.0 Å². The number of halogens is 2. The number of alkyl halides is 2. The highest BCUT2D eigenvalue weighted by molar-refractivity contribution is 6.68. The summed E-state index contributed by atoms with van der Waals surface area (Å²) in [6.07, 6.45) is 0. The van der Waals surface area contributed by atoms with Crippen LogP contribution in [0.2, 0.25) is 0 Å². The summed E-state index contributed by atoms with van der Waals surface area (Å²) in [5, 5.41) is 3.10. The average molecular weight is 226 g/mol. The molecule has 80 valence electrons. The minimum absolute atomic E-state index is 0.132. The van der Waals surface area contributed by atoms with Gasteiger partial charge in [-0.1, -0.05) is 16.8 Å². The number of carbonyl (C=O) groups excluding carboxylic acids is 2. The monoisotopic (exact) mass is 225 g/mol. The molecule has 0 rings (SSSR count). The predicted molar refractivity (Wildman–Crippen MR) is 46.8 cm³/mol. The number of rotatable bonds is 5. The Morgan fingerprint density at radius 3 is 2.50 bits per heavy atom. The van der Waals surface area contributed by atoms with Crippen molar-refractivity contribution >= 4 is 29.1 Å². The van der Waals surface area contributed by atoms with E-state index in [1.165, 1.54) is 0 Å². The maximum atomic E-state index is 12.3. The van der Waals surface area contributed by atoms with Crippen molar-refractivity contribution in [2.75, 3.05) is 13.7 Å². The van der Waals surface area contributed by atoms with Crippen LogP contribution in [-0.2, 0) is 19.2 Å². The van der Waals surface area contributed by atoms with Gasteiger partial charge in [-0.25, -0.2) is 9.18 Å². The molecule has 0 heterocycles. The molecule has 14 heavy (non-hydrogen) atoms. The normalized spacial score (nSPS) is 13.3. The third kappa shape index (κ3) is 3.69. The van der Waals surface area contributed by atoms with Gasteiger partial charge in [-0.2, -0.15) is 0 Å². The van der Waals surface area contributed by atoms with Crippen LogP contribution in [0.1, 0.15) is 6.92 Å². The van der Waals surface area contributed by atoms with Crippen molar-refractivity contribution < 1.29 is 23.6 Å². The van der Waals surface area contributed by atoms with Gasteiger partial charge in [0.25, 0.3) is 0 Å². The Kier molecular flexibility index (Phi) is 5.78. The van der Waals surface area contributed by atoms with E-state index < -0.39 is 23.1 Å². The zero-order valence-corrected chi connectivity index (χ0v) is 8.38. The highest BCUT2D eigenvalue weighted by Crippen LogP contribution is 2.02. The molecule has 0 aromatic rings. The van der Waals surface area contributed by atoms with Crippen molar-refractivity contribution in [3.63, 3.8) is 0 Å². The van der Waals surface area contributed by atoms with Crippen molar-refractivity contribution in [3.8, 4) is 0 Å². The lowest BCUT2D eigenvalue weighted by Crippen LogP contribution is -2.30. The first-order valence-electron chi connectivity index (χ1n) is 3.65. The van der Waals surface area contributed by atoms with E-state index >= 15 is 0 Å². The van der Waals surface area contributed by atoms with Gasteiger partial charge in [0.15, 0.2) is 0 Å². The molecule has 0 amide bonds. The van der Waals surface area contributed by atoms with Crippen LogP contribution in [0.5, 0.6) is 0 Å². The molecule has 1 unspecified atom stereocenters. The summed E-state index contributed by atoms with van der Waals surface area (Å²) >= 11 is 4.84. The maximum Gasteiger partial charge on any atom is 0.364 e. The van der Waals surface area contributed by atoms with E-state index in [2.05, 4.69) is 14.7 Å². The van der Waals surface area contributed by atoms with Gasteiger partial charge in [0.1, 0.15) is 6.61 Å². The zero-order chi connectivity index (χ0) is 11.1. The minimum atomic E-state index is -2.34. The Bertz CT molecular complexity index is 254. The number of Topliss-reactive ketones (excluding diaryl/α,β-unsaturated/α-hetero) is 1. The lowest BCUT2D eigenvalue weighted by atomic mass is 10.2. The lowest BCUT2D eigenvalue weighted by Gasteiger charge is -2.02. The third-order valence-corrected chi connectivity index (χ3v) is 1.29. The SMILES string of the molecule is CCON=C(C(=O)OC)C(=O)C(F)Cl. The molecule has 0 aromatic heterocycles. The predicted octanol–water partition coefficient (Wildman–Crippen LogP) is 0.655. The summed E-state index contributed by atoms with van der Waals surface area (Å²) < 4.78 is 16.5. The molecule has 0 saturated heterocycles. The van der Waals surface area contributed by atoms with Crippen LogP contribution in [-0.4, -0.2) is 36.8 Å². The Hall–Kier alpha value is -1.17. The second kappa shape index (κ2) is 6.31. The first kappa shape index (κ1) is 12.8. The Morgan fingerprint density at radius 1 is 1.57 bits per heavy atom. The molecule has 0 aliphatic carbocycles. The highest BCUT2D eigenvalue weighted by Gasteiger charge is 2.28. The van der Waals surface area contributed by atoms with Gasteiger partial charge in [-0.05, 0) is 6.92 Å². The molecular weight excluding hydrogens is 217 g/mol. The molecule has 5 nitrogen and oxygen atoms in total. The summed E-state index contributed by atoms with van der Waals surface area (Å²) in [6.45, 7) is 1.71. The van der Waals surface area contributed by atoms with Crippen molar-refractivity contribution in [1.29, 1.82) is 0 Å². The zero-order valence-electron chi connectivity index (χ0n) is 7.62. The number of hydrogen-bond acceptors (Lipinski definition) is 5. The summed E-state index contributed by atoms with van der Waals surface area (Å²) in [6, 6.07) is 0. The summed E-state index contributed by atoms with van der Waals surface area (Å²) in [7, 11) is 1.03. The van der Waals surface area contributed by atoms with Crippen LogP contribution >= 0.6 is 11.6 Å². The van der Waals surface area contributed by atoms with Gasteiger partial charge in [-0.15, -0.1) is 0 Å². The van der Waals surface area contributed by atoms with Gasteiger partial charge >= 0.3 is 5.97 Å². The number of oxime groups is 1. The molecule has 0 aliphatic rings. The molecule has 0 aromatic carbocycles. The molecule has 7 heteroatoms. The molecule has 0 saturated carbocycles. The van der Waals surface area contributed by atoms with Gasteiger partial charge in [-0.3, -0.25) is 4.79 Å². The molecular formula is C7H9ClFNO4. The van der Waals surface area contributed by atoms with Crippen molar-refractivity contribution in [2.24, 2.45) is 5.16 Å². The number of ketones is 1. The van der Waals surface area contributed by atoms with Gasteiger partial charge in [0.05, 0.1) is 7.11 Å². The van der Waals surface area contributed by atoms with Crippen LogP contribution in [0.4, 0.5) is 4.39 Å². The van der Waals surface area contributed by atoms with Crippen molar-refractivity contribution in [2.45, 2.75) is 12.6 Å². The standard InChI is InChI=1S/C7H9ClFNO4/c1-3-14-10-4(7(12)13-2)5(11)6(8)9/h6H,3H2,1-2H3. The van der Waals surface area contributed by atoms with E-state index in [0.29, 0.717) is 0 Å². The second-order valence-electron chi connectivity index (χ2n) is 2.01. The number of ether oxygens (including phenoxy) is 1. The molecule has 0 N–H and O–H groups in total. The fourth-order valence-electron chi connectivity index (χ4n) is 0.512. The Labute approximate surface area is 84.8 Å². The Balaban J connectivity index is 4.72. The summed E-state index contributed by atoms with van der Waals surface area (Å²) in [5.41, 5.74) is -3.13. The van der Waals surface area contributed by atoms with Crippen LogP contribution < -0.4 is 0 Å². The summed E-state index contributed by atoms with van der Waals surface area (Å²) in [5.74, 6) is -2.38. The van der Waals surface area contributed by atoms with Crippen molar-refractivity contribution in [3.05, 3.63) is 0 Å². The first-order chi connectivity index (χ1) is 6.54. The largest absolute Gasteiger partial charge is 0.464 e. The van der Waals surface area contributed by atoms with E-state index in [1.54, 1.807) is 6.92 Å². The molecule has 0 aliphatic heterocycles. The van der Waals surface area contributed by atoms with E-state index in [1.807, 2.05) is 0 Å².